The summed E-state index contributed by atoms with van der Waals surface area (Å²) in [6.07, 6.45) is 1.27. The number of benzene rings is 1. The number of aromatic carboxylic acids is 1. The van der Waals surface area contributed by atoms with Crippen LogP contribution in [0.2, 0.25) is 0 Å². The molecule has 4 heteroatoms. The molecule has 1 saturated carbocycles. The van der Waals surface area contributed by atoms with Crippen LogP contribution in [-0.4, -0.2) is 20.6 Å². The average molecular weight is 286 g/mol. The molecule has 1 aliphatic rings. The molecule has 2 aromatic rings. The van der Waals surface area contributed by atoms with Crippen LogP contribution in [-0.2, 0) is 12.0 Å². The Hall–Kier alpha value is -1.84. The first-order valence-corrected chi connectivity index (χ1v) is 7.51. The maximum absolute atomic E-state index is 11.1. The van der Waals surface area contributed by atoms with Gasteiger partial charge in [0.2, 0.25) is 0 Å². The van der Waals surface area contributed by atoms with E-state index >= 15 is 0 Å². The van der Waals surface area contributed by atoms with E-state index in [2.05, 4.69) is 32.3 Å². The number of rotatable bonds is 3. The number of imidazole rings is 1. The lowest BCUT2D eigenvalue weighted by Crippen LogP contribution is -2.19. The molecule has 4 nitrogen and oxygen atoms in total. The lowest BCUT2D eigenvalue weighted by atomic mass is 9.95. The molecule has 2 atom stereocenters. The van der Waals surface area contributed by atoms with Crippen molar-refractivity contribution < 1.29 is 9.90 Å². The summed E-state index contributed by atoms with van der Waals surface area (Å²) < 4.78 is 2.29. The van der Waals surface area contributed by atoms with E-state index in [9.17, 15) is 4.79 Å². The van der Waals surface area contributed by atoms with Gasteiger partial charge in [-0.1, -0.05) is 27.7 Å². The Morgan fingerprint density at radius 1 is 1.43 bits per heavy atom. The fraction of sp³-hybridized carbons (Fsp3) is 0.529. The van der Waals surface area contributed by atoms with Gasteiger partial charge in [-0.25, -0.2) is 9.78 Å². The number of aromatic nitrogens is 2. The third kappa shape index (κ3) is 2.55. The van der Waals surface area contributed by atoms with Crippen LogP contribution in [0.3, 0.4) is 0 Å². The Morgan fingerprint density at radius 2 is 2.10 bits per heavy atom. The summed E-state index contributed by atoms with van der Waals surface area (Å²) >= 11 is 0. The number of hydrogen-bond donors (Lipinski definition) is 1. The van der Waals surface area contributed by atoms with E-state index in [4.69, 9.17) is 10.1 Å². The Labute approximate surface area is 124 Å². The first kappa shape index (κ1) is 14.1. The largest absolute Gasteiger partial charge is 0.478 e. The number of carboxylic acids is 1. The molecule has 1 aliphatic carbocycles. The summed E-state index contributed by atoms with van der Waals surface area (Å²) in [5.41, 5.74) is 2.07. The van der Waals surface area contributed by atoms with Crippen LogP contribution in [0, 0.1) is 11.8 Å². The second-order valence-electron chi connectivity index (χ2n) is 7.28. The Kier molecular flexibility index (Phi) is 3.08. The monoisotopic (exact) mass is 286 g/mol. The fourth-order valence-corrected chi connectivity index (χ4v) is 2.91. The molecule has 0 aliphatic heterocycles. The molecule has 0 spiro atoms. The first-order chi connectivity index (χ1) is 9.77. The Morgan fingerprint density at radius 3 is 2.62 bits per heavy atom. The second-order valence-corrected chi connectivity index (χ2v) is 7.28. The maximum Gasteiger partial charge on any atom is 0.335 e. The molecule has 0 saturated heterocycles. The van der Waals surface area contributed by atoms with Crippen LogP contribution >= 0.6 is 0 Å². The summed E-state index contributed by atoms with van der Waals surface area (Å²) in [7, 11) is 0. The van der Waals surface area contributed by atoms with E-state index < -0.39 is 5.97 Å². The van der Waals surface area contributed by atoms with Gasteiger partial charge in [0.25, 0.3) is 0 Å². The van der Waals surface area contributed by atoms with Gasteiger partial charge in [-0.15, -0.1) is 0 Å². The maximum atomic E-state index is 11.1. The molecular weight excluding hydrogens is 264 g/mol. The van der Waals surface area contributed by atoms with Crippen LogP contribution < -0.4 is 0 Å². The smallest absolute Gasteiger partial charge is 0.335 e. The van der Waals surface area contributed by atoms with Crippen molar-refractivity contribution in [3.8, 4) is 0 Å². The van der Waals surface area contributed by atoms with Crippen LogP contribution in [0.1, 0.15) is 50.3 Å². The van der Waals surface area contributed by atoms with E-state index in [0.29, 0.717) is 5.56 Å². The first-order valence-electron chi connectivity index (χ1n) is 7.51. The number of carbonyl (C=O) groups is 1. The number of carboxylic acid groups (broad SMARTS) is 1. The van der Waals surface area contributed by atoms with Crippen molar-refractivity contribution in [3.05, 3.63) is 29.6 Å². The van der Waals surface area contributed by atoms with Crippen molar-refractivity contribution in [3.63, 3.8) is 0 Å². The quantitative estimate of drug-likeness (QED) is 0.936. The molecule has 0 bridgehead atoms. The van der Waals surface area contributed by atoms with E-state index in [1.54, 1.807) is 12.1 Å². The summed E-state index contributed by atoms with van der Waals surface area (Å²) in [6, 6.07) is 5.25. The van der Waals surface area contributed by atoms with Crippen molar-refractivity contribution in [2.24, 2.45) is 11.8 Å². The highest BCUT2D eigenvalue weighted by Crippen LogP contribution is 2.40. The van der Waals surface area contributed by atoms with Gasteiger partial charge in [-0.05, 0) is 36.5 Å². The van der Waals surface area contributed by atoms with Crippen LogP contribution in [0.25, 0.3) is 11.0 Å². The van der Waals surface area contributed by atoms with Gasteiger partial charge in [0.05, 0.1) is 16.6 Å². The molecular formula is C17H22N2O2. The standard InChI is InChI=1S/C17H22N2O2/c1-10-7-12(10)9-19-14-6-5-11(15(20)21)8-13(14)18-16(19)17(2,3)4/h5-6,8,10,12H,7,9H2,1-4H3,(H,20,21). The van der Waals surface area contributed by atoms with Gasteiger partial charge in [-0.3, -0.25) is 0 Å². The van der Waals surface area contributed by atoms with Crippen molar-refractivity contribution in [1.82, 2.24) is 9.55 Å². The molecule has 112 valence electrons. The van der Waals surface area contributed by atoms with E-state index in [-0.39, 0.29) is 5.41 Å². The van der Waals surface area contributed by atoms with Crippen molar-refractivity contribution in [1.29, 1.82) is 0 Å². The molecule has 3 rings (SSSR count). The molecule has 0 amide bonds. The zero-order valence-corrected chi connectivity index (χ0v) is 13.1. The summed E-state index contributed by atoms with van der Waals surface area (Å²) in [5.74, 6) is 1.65. The second kappa shape index (κ2) is 4.58. The minimum Gasteiger partial charge on any atom is -0.478 e. The minimum atomic E-state index is -0.903. The highest BCUT2D eigenvalue weighted by molar-refractivity contribution is 5.92. The lowest BCUT2D eigenvalue weighted by molar-refractivity contribution is 0.0697. The molecule has 21 heavy (non-hydrogen) atoms. The molecule has 1 fully saturated rings. The summed E-state index contributed by atoms with van der Waals surface area (Å²) in [4.78, 5) is 15.9. The van der Waals surface area contributed by atoms with E-state index in [0.717, 1.165) is 35.2 Å². The Balaban J connectivity index is 2.13. The Bertz CT molecular complexity index is 709. The van der Waals surface area contributed by atoms with Gasteiger partial charge in [0.1, 0.15) is 5.82 Å². The minimum absolute atomic E-state index is 0.0550. The molecule has 1 aromatic carbocycles. The summed E-state index contributed by atoms with van der Waals surface area (Å²) in [5, 5.41) is 9.14. The molecule has 0 radical (unpaired) electrons. The predicted octanol–water partition coefficient (Wildman–Crippen LogP) is 3.69. The van der Waals surface area contributed by atoms with E-state index in [1.807, 2.05) is 6.07 Å². The van der Waals surface area contributed by atoms with Crippen LogP contribution in [0.4, 0.5) is 0 Å². The predicted molar refractivity (Wildman–Crippen MR) is 82.7 cm³/mol. The van der Waals surface area contributed by atoms with Crippen LogP contribution in [0.5, 0.6) is 0 Å². The van der Waals surface area contributed by atoms with Gasteiger partial charge in [0.15, 0.2) is 0 Å². The van der Waals surface area contributed by atoms with Crippen molar-refractivity contribution in [2.75, 3.05) is 0 Å². The van der Waals surface area contributed by atoms with Crippen LogP contribution in [0.15, 0.2) is 18.2 Å². The normalized spacial score (nSPS) is 21.7. The van der Waals surface area contributed by atoms with Gasteiger partial charge < -0.3 is 9.67 Å². The zero-order chi connectivity index (χ0) is 15.4. The highest BCUT2D eigenvalue weighted by Gasteiger charge is 2.35. The SMILES string of the molecule is CC1CC1Cn1c(C(C)(C)C)nc2cc(C(=O)O)ccc21. The van der Waals surface area contributed by atoms with Crippen molar-refractivity contribution >= 4 is 17.0 Å². The fourth-order valence-electron chi connectivity index (χ4n) is 2.91. The number of nitrogens with zero attached hydrogens (tertiary/aromatic N) is 2. The van der Waals surface area contributed by atoms with Gasteiger partial charge >= 0.3 is 5.97 Å². The summed E-state index contributed by atoms with van der Waals surface area (Å²) in [6.45, 7) is 9.72. The molecule has 1 aromatic heterocycles. The third-order valence-electron chi connectivity index (χ3n) is 4.36. The highest BCUT2D eigenvalue weighted by atomic mass is 16.4. The topological polar surface area (TPSA) is 55.1 Å². The molecule has 2 unspecified atom stereocenters. The van der Waals surface area contributed by atoms with E-state index in [1.165, 1.54) is 6.42 Å². The number of hydrogen-bond acceptors (Lipinski definition) is 2. The lowest BCUT2D eigenvalue weighted by Gasteiger charge is -2.20. The zero-order valence-electron chi connectivity index (χ0n) is 13.1. The number of fused-ring (bicyclic) bond motifs is 1. The van der Waals surface area contributed by atoms with Crippen molar-refractivity contribution in [2.45, 2.75) is 46.1 Å². The average Bonchev–Trinajstić information content (AvgIpc) is 2.94. The third-order valence-corrected chi connectivity index (χ3v) is 4.36. The van der Waals surface area contributed by atoms with Gasteiger partial charge in [0, 0.05) is 12.0 Å². The molecule has 1 N–H and O–H groups in total. The van der Waals surface area contributed by atoms with Gasteiger partial charge in [-0.2, -0.15) is 0 Å². The molecule has 1 heterocycles.